The average Bonchev–Trinajstić information content (AvgIpc) is 2.47. The van der Waals surface area contributed by atoms with Crippen LogP contribution < -0.4 is 5.43 Å². The number of phenolic OH excluding ortho intramolecular Hbond substituents is 1. The summed E-state index contributed by atoms with van der Waals surface area (Å²) in [6, 6.07) is 8.11. The molecule has 2 N–H and O–H groups in total. The Kier molecular flexibility index (Phi) is 5.18. The predicted molar refractivity (Wildman–Crippen MR) is 78.9 cm³/mol. The first kappa shape index (κ1) is 17.5. The van der Waals surface area contributed by atoms with Crippen molar-refractivity contribution in [3.8, 4) is 5.75 Å². The highest BCUT2D eigenvalue weighted by Gasteiger charge is 2.33. The minimum absolute atomic E-state index is 0.00932. The van der Waals surface area contributed by atoms with Gasteiger partial charge < -0.3 is 5.11 Å². The first-order valence-electron chi connectivity index (χ1n) is 6.72. The number of hydrogen-bond acceptors (Lipinski definition) is 3. The van der Waals surface area contributed by atoms with Gasteiger partial charge in [0.15, 0.2) is 0 Å². The molecule has 0 spiro atoms. The fourth-order valence-corrected chi connectivity index (χ4v) is 1.95. The van der Waals surface area contributed by atoms with Gasteiger partial charge in [-0.2, -0.15) is 18.3 Å². The van der Waals surface area contributed by atoms with Crippen molar-refractivity contribution in [2.24, 2.45) is 5.10 Å². The maximum atomic E-state index is 13.0. The lowest BCUT2D eigenvalue weighted by Crippen LogP contribution is -2.20. The fourth-order valence-electron chi connectivity index (χ4n) is 1.95. The van der Waals surface area contributed by atoms with Crippen molar-refractivity contribution in [3.05, 3.63) is 65.0 Å². The summed E-state index contributed by atoms with van der Waals surface area (Å²) in [5, 5.41) is 12.7. The van der Waals surface area contributed by atoms with Crippen molar-refractivity contribution >= 4 is 12.1 Å². The van der Waals surface area contributed by atoms with Crippen LogP contribution >= 0.6 is 0 Å². The van der Waals surface area contributed by atoms with Gasteiger partial charge in [-0.1, -0.05) is 12.1 Å². The summed E-state index contributed by atoms with van der Waals surface area (Å²) in [5.74, 6) is -1.61. The average molecular weight is 340 g/mol. The zero-order valence-electron chi connectivity index (χ0n) is 12.1. The molecule has 0 aliphatic rings. The number of halogens is 4. The van der Waals surface area contributed by atoms with Crippen LogP contribution in [0.3, 0.4) is 0 Å². The number of carbonyl (C=O) groups is 1. The third kappa shape index (κ3) is 4.80. The van der Waals surface area contributed by atoms with Crippen LogP contribution in [0.5, 0.6) is 5.75 Å². The van der Waals surface area contributed by atoms with Crippen molar-refractivity contribution in [3.63, 3.8) is 0 Å². The van der Waals surface area contributed by atoms with E-state index in [-0.39, 0.29) is 17.7 Å². The standard InChI is InChI=1S/C16H12F4N2O2/c17-12-5-4-11(14(8-12)16(18,19)20)9-21-22-15(24)7-10-2-1-3-13(23)6-10/h1-6,8-9,23H,7H2,(H,22,24)/b21-9+. The third-order valence-corrected chi connectivity index (χ3v) is 2.99. The molecule has 0 saturated heterocycles. The summed E-state index contributed by atoms with van der Waals surface area (Å²) in [6.07, 6.45) is -4.06. The second kappa shape index (κ2) is 7.12. The van der Waals surface area contributed by atoms with E-state index in [0.717, 1.165) is 18.3 Å². The van der Waals surface area contributed by atoms with Gasteiger partial charge in [0, 0.05) is 5.56 Å². The Labute approximate surface area is 134 Å². The molecule has 2 aromatic carbocycles. The SMILES string of the molecule is O=C(Cc1cccc(O)c1)N/N=C/c1ccc(F)cc1C(F)(F)F. The lowest BCUT2D eigenvalue weighted by molar-refractivity contribution is -0.137. The van der Waals surface area contributed by atoms with E-state index in [9.17, 15) is 27.5 Å². The molecule has 24 heavy (non-hydrogen) atoms. The summed E-state index contributed by atoms with van der Waals surface area (Å²) in [7, 11) is 0. The second-order valence-corrected chi connectivity index (χ2v) is 4.87. The second-order valence-electron chi connectivity index (χ2n) is 4.87. The summed E-state index contributed by atoms with van der Waals surface area (Å²) < 4.78 is 51.4. The van der Waals surface area contributed by atoms with Gasteiger partial charge in [0.25, 0.3) is 0 Å². The topological polar surface area (TPSA) is 61.7 Å². The van der Waals surface area contributed by atoms with Gasteiger partial charge in [0.1, 0.15) is 11.6 Å². The molecule has 1 amide bonds. The Balaban J connectivity index is 2.05. The Morgan fingerprint density at radius 3 is 2.62 bits per heavy atom. The molecule has 8 heteroatoms. The van der Waals surface area contributed by atoms with Crippen LogP contribution in [0.25, 0.3) is 0 Å². The van der Waals surface area contributed by atoms with Crippen molar-refractivity contribution in [1.29, 1.82) is 0 Å². The van der Waals surface area contributed by atoms with Crippen LogP contribution in [0.15, 0.2) is 47.6 Å². The highest BCUT2D eigenvalue weighted by atomic mass is 19.4. The van der Waals surface area contributed by atoms with E-state index in [2.05, 4.69) is 10.5 Å². The number of rotatable bonds is 4. The first-order valence-corrected chi connectivity index (χ1v) is 6.72. The molecule has 0 aromatic heterocycles. The van der Waals surface area contributed by atoms with E-state index in [1.54, 1.807) is 12.1 Å². The number of hydrazone groups is 1. The monoisotopic (exact) mass is 340 g/mol. The summed E-state index contributed by atoms with van der Waals surface area (Å²) in [6.45, 7) is 0. The van der Waals surface area contributed by atoms with E-state index in [1.165, 1.54) is 12.1 Å². The highest BCUT2D eigenvalue weighted by molar-refractivity contribution is 5.84. The molecule has 0 heterocycles. The largest absolute Gasteiger partial charge is 0.508 e. The molecule has 0 bridgehead atoms. The number of hydrogen-bond donors (Lipinski definition) is 2. The normalized spacial score (nSPS) is 11.7. The third-order valence-electron chi connectivity index (χ3n) is 2.99. The number of benzene rings is 2. The molecule has 2 rings (SSSR count). The summed E-state index contributed by atoms with van der Waals surface area (Å²) in [5.41, 5.74) is 1.03. The molecule has 2 aromatic rings. The van der Waals surface area contributed by atoms with Crippen LogP contribution in [0.2, 0.25) is 0 Å². The molecular weight excluding hydrogens is 328 g/mol. The van der Waals surface area contributed by atoms with E-state index in [4.69, 9.17) is 0 Å². The Bertz CT molecular complexity index is 773. The summed E-state index contributed by atoms with van der Waals surface area (Å²) in [4.78, 5) is 11.7. The Morgan fingerprint density at radius 2 is 1.96 bits per heavy atom. The fraction of sp³-hybridized carbons (Fsp3) is 0.125. The number of aromatic hydroxyl groups is 1. The molecule has 0 saturated carbocycles. The molecule has 0 atom stereocenters. The van der Waals surface area contributed by atoms with E-state index >= 15 is 0 Å². The molecule has 4 nitrogen and oxygen atoms in total. The minimum atomic E-state index is -4.74. The quantitative estimate of drug-likeness (QED) is 0.510. The van der Waals surface area contributed by atoms with E-state index < -0.39 is 23.5 Å². The van der Waals surface area contributed by atoms with Crippen molar-refractivity contribution < 1.29 is 27.5 Å². The van der Waals surface area contributed by atoms with Gasteiger partial charge in [-0.3, -0.25) is 4.79 Å². The molecule has 0 aliphatic heterocycles. The lowest BCUT2D eigenvalue weighted by Gasteiger charge is -2.09. The van der Waals surface area contributed by atoms with Gasteiger partial charge in [-0.15, -0.1) is 0 Å². The van der Waals surface area contributed by atoms with Gasteiger partial charge in [-0.05, 0) is 35.9 Å². The highest BCUT2D eigenvalue weighted by Crippen LogP contribution is 2.31. The Hall–Kier alpha value is -2.90. The van der Waals surface area contributed by atoms with Crippen molar-refractivity contribution in [2.75, 3.05) is 0 Å². The van der Waals surface area contributed by atoms with Crippen LogP contribution in [0, 0.1) is 5.82 Å². The van der Waals surface area contributed by atoms with Gasteiger partial charge >= 0.3 is 6.18 Å². The smallest absolute Gasteiger partial charge is 0.417 e. The number of nitrogens with zero attached hydrogens (tertiary/aromatic N) is 1. The van der Waals surface area contributed by atoms with Crippen LogP contribution in [0.4, 0.5) is 17.6 Å². The van der Waals surface area contributed by atoms with Crippen molar-refractivity contribution in [1.82, 2.24) is 5.43 Å². The number of amides is 1. The lowest BCUT2D eigenvalue weighted by atomic mass is 10.1. The molecule has 0 unspecified atom stereocenters. The molecule has 0 fully saturated rings. The number of alkyl halides is 3. The first-order chi connectivity index (χ1) is 11.3. The van der Waals surface area contributed by atoms with Gasteiger partial charge in [0.05, 0.1) is 18.2 Å². The van der Waals surface area contributed by atoms with E-state index in [0.29, 0.717) is 11.6 Å². The molecule has 0 aliphatic carbocycles. The van der Waals surface area contributed by atoms with Crippen LogP contribution in [-0.2, 0) is 17.4 Å². The van der Waals surface area contributed by atoms with E-state index in [1.807, 2.05) is 0 Å². The molecule has 126 valence electrons. The maximum absolute atomic E-state index is 13.0. The zero-order chi connectivity index (χ0) is 17.7. The number of phenols is 1. The van der Waals surface area contributed by atoms with Gasteiger partial charge in [0.2, 0.25) is 5.91 Å². The van der Waals surface area contributed by atoms with Crippen LogP contribution in [-0.4, -0.2) is 17.2 Å². The van der Waals surface area contributed by atoms with Crippen LogP contribution in [0.1, 0.15) is 16.7 Å². The minimum Gasteiger partial charge on any atom is -0.508 e. The molecule has 0 radical (unpaired) electrons. The van der Waals surface area contributed by atoms with Crippen molar-refractivity contribution in [2.45, 2.75) is 12.6 Å². The zero-order valence-corrected chi connectivity index (χ0v) is 12.1. The summed E-state index contributed by atoms with van der Waals surface area (Å²) >= 11 is 0. The predicted octanol–water partition coefficient (Wildman–Crippen LogP) is 3.24. The Morgan fingerprint density at radius 1 is 1.21 bits per heavy atom. The number of carbonyl (C=O) groups excluding carboxylic acids is 1. The molecular formula is C16H12F4N2O2. The van der Waals surface area contributed by atoms with Gasteiger partial charge in [-0.25, -0.2) is 9.82 Å². The maximum Gasteiger partial charge on any atom is 0.417 e. The number of nitrogens with one attached hydrogen (secondary N) is 1.